The molecule has 0 saturated carbocycles. The Labute approximate surface area is 124 Å². The van der Waals surface area contributed by atoms with E-state index in [4.69, 9.17) is 0 Å². The molecule has 1 aliphatic heterocycles. The van der Waals surface area contributed by atoms with Crippen LogP contribution in [0.3, 0.4) is 0 Å². The Morgan fingerprint density at radius 2 is 2.20 bits per heavy atom. The first kappa shape index (κ1) is 15.1. The number of nitrogens with zero attached hydrogens (tertiary/aromatic N) is 3. The average Bonchev–Trinajstić information content (AvgIpc) is 2.33. The Morgan fingerprint density at radius 3 is 2.75 bits per heavy atom. The lowest BCUT2D eigenvalue weighted by molar-refractivity contribution is -0.132. The largest absolute Gasteiger partial charge is 0.364 e. The van der Waals surface area contributed by atoms with Gasteiger partial charge in [-0.25, -0.2) is 9.97 Å². The van der Waals surface area contributed by atoms with Crippen LogP contribution in [0.1, 0.15) is 38.2 Å². The van der Waals surface area contributed by atoms with Crippen molar-refractivity contribution < 1.29 is 4.79 Å². The maximum atomic E-state index is 11.2. The Balaban J connectivity index is 2.05. The molecule has 0 atom stereocenters. The molecule has 5 nitrogen and oxygen atoms in total. The second-order valence-electron chi connectivity index (χ2n) is 5.46. The molecule has 110 valence electrons. The number of nitrogens with one attached hydrogen (secondary N) is 1. The van der Waals surface area contributed by atoms with Crippen molar-refractivity contribution in [3.05, 3.63) is 17.6 Å². The van der Waals surface area contributed by atoms with Gasteiger partial charge >= 0.3 is 0 Å². The number of carbonyl (C=O) groups is 1. The van der Waals surface area contributed by atoms with Crippen molar-refractivity contribution in [1.82, 2.24) is 14.9 Å². The van der Waals surface area contributed by atoms with Crippen LogP contribution >= 0.6 is 11.8 Å². The maximum absolute atomic E-state index is 11.2. The van der Waals surface area contributed by atoms with E-state index in [1.54, 1.807) is 18.7 Å². The quantitative estimate of drug-likeness (QED) is 0.901. The van der Waals surface area contributed by atoms with E-state index in [9.17, 15) is 4.79 Å². The summed E-state index contributed by atoms with van der Waals surface area (Å²) in [5.74, 6) is 3.09. The van der Waals surface area contributed by atoms with E-state index in [1.807, 2.05) is 11.0 Å². The number of thioether (sulfide) groups is 1. The van der Waals surface area contributed by atoms with Crippen LogP contribution in [-0.4, -0.2) is 46.2 Å². The summed E-state index contributed by atoms with van der Waals surface area (Å²) < 4.78 is 0. The third-order valence-corrected chi connectivity index (χ3v) is 3.87. The van der Waals surface area contributed by atoms with Gasteiger partial charge in [-0.2, -0.15) is 11.8 Å². The van der Waals surface area contributed by atoms with E-state index in [-0.39, 0.29) is 5.91 Å². The van der Waals surface area contributed by atoms with Crippen molar-refractivity contribution in [3.8, 4) is 0 Å². The number of amides is 1. The molecule has 20 heavy (non-hydrogen) atoms. The lowest BCUT2D eigenvalue weighted by atomic mass is 10.1. The summed E-state index contributed by atoms with van der Waals surface area (Å²) in [5, 5.41) is 3.40. The van der Waals surface area contributed by atoms with Crippen LogP contribution in [0.2, 0.25) is 0 Å². The summed E-state index contributed by atoms with van der Waals surface area (Å²) >= 11 is 1.76. The smallest absolute Gasteiger partial charge is 0.219 e. The van der Waals surface area contributed by atoms with Crippen molar-refractivity contribution in [3.63, 3.8) is 0 Å². The third kappa shape index (κ3) is 3.62. The second kappa shape index (κ2) is 6.43. The first-order chi connectivity index (χ1) is 9.49. The summed E-state index contributed by atoms with van der Waals surface area (Å²) in [7, 11) is 0. The van der Waals surface area contributed by atoms with Crippen LogP contribution in [0.4, 0.5) is 5.82 Å². The van der Waals surface area contributed by atoms with Crippen LogP contribution < -0.4 is 5.32 Å². The molecule has 2 heterocycles. The predicted octanol–water partition coefficient (Wildman–Crippen LogP) is 2.11. The average molecular weight is 294 g/mol. The SMILES string of the molecule is CSCc1cc(NC2CN(C(C)=O)C2)nc(C(C)C)n1. The zero-order valence-corrected chi connectivity index (χ0v) is 13.3. The molecule has 2 rings (SSSR count). The van der Waals surface area contributed by atoms with Gasteiger partial charge in [-0.3, -0.25) is 4.79 Å². The highest BCUT2D eigenvalue weighted by molar-refractivity contribution is 7.97. The van der Waals surface area contributed by atoms with Gasteiger partial charge in [0.05, 0.1) is 11.7 Å². The minimum Gasteiger partial charge on any atom is -0.364 e. The zero-order valence-electron chi connectivity index (χ0n) is 12.5. The first-order valence-electron chi connectivity index (χ1n) is 6.88. The number of aromatic nitrogens is 2. The van der Waals surface area contributed by atoms with Crippen LogP contribution in [0.25, 0.3) is 0 Å². The van der Waals surface area contributed by atoms with Gasteiger partial charge in [0.2, 0.25) is 5.91 Å². The Kier molecular flexibility index (Phi) is 4.86. The summed E-state index contributed by atoms with van der Waals surface area (Å²) in [4.78, 5) is 22.2. The summed E-state index contributed by atoms with van der Waals surface area (Å²) in [6, 6.07) is 2.31. The first-order valence-corrected chi connectivity index (χ1v) is 8.27. The van der Waals surface area contributed by atoms with Gasteiger partial charge in [0.15, 0.2) is 0 Å². The number of hydrogen-bond donors (Lipinski definition) is 1. The molecule has 0 unspecified atom stereocenters. The van der Waals surface area contributed by atoms with Gasteiger partial charge in [-0.15, -0.1) is 0 Å². The third-order valence-electron chi connectivity index (χ3n) is 3.28. The van der Waals surface area contributed by atoms with Gasteiger partial charge in [0, 0.05) is 37.8 Å². The summed E-state index contributed by atoms with van der Waals surface area (Å²) in [6.07, 6.45) is 2.07. The number of hydrogen-bond acceptors (Lipinski definition) is 5. The fourth-order valence-electron chi connectivity index (χ4n) is 2.11. The standard InChI is InChI=1S/C14H22N4OS/c1-9(2)14-16-11(8-20-4)5-13(17-14)15-12-6-18(7-12)10(3)19/h5,9,12H,6-8H2,1-4H3,(H,15,16,17). The molecular weight excluding hydrogens is 272 g/mol. The van der Waals surface area contributed by atoms with Crippen LogP contribution in [0, 0.1) is 0 Å². The van der Waals surface area contributed by atoms with E-state index in [2.05, 4.69) is 35.4 Å². The molecule has 1 saturated heterocycles. The fourth-order valence-corrected chi connectivity index (χ4v) is 2.55. The molecule has 1 aliphatic rings. The maximum Gasteiger partial charge on any atom is 0.219 e. The van der Waals surface area contributed by atoms with E-state index < -0.39 is 0 Å². The predicted molar refractivity (Wildman–Crippen MR) is 83.0 cm³/mol. The molecule has 1 fully saturated rings. The molecular formula is C14H22N4OS. The molecule has 0 aliphatic carbocycles. The van der Waals surface area contributed by atoms with E-state index >= 15 is 0 Å². The molecule has 0 spiro atoms. The molecule has 1 N–H and O–H groups in total. The summed E-state index contributed by atoms with van der Waals surface area (Å²) in [6.45, 7) is 7.32. The van der Waals surface area contributed by atoms with Crippen molar-refractivity contribution in [2.75, 3.05) is 24.7 Å². The van der Waals surface area contributed by atoms with Crippen molar-refractivity contribution in [2.24, 2.45) is 0 Å². The van der Waals surface area contributed by atoms with Gasteiger partial charge in [0.25, 0.3) is 0 Å². The highest BCUT2D eigenvalue weighted by Crippen LogP contribution is 2.19. The Bertz CT molecular complexity index is 486. The molecule has 0 aromatic carbocycles. The van der Waals surface area contributed by atoms with E-state index in [1.165, 1.54) is 0 Å². The monoisotopic (exact) mass is 294 g/mol. The highest BCUT2D eigenvalue weighted by Gasteiger charge is 2.28. The topological polar surface area (TPSA) is 58.1 Å². The molecule has 1 aromatic heterocycles. The van der Waals surface area contributed by atoms with E-state index in [0.29, 0.717) is 12.0 Å². The second-order valence-corrected chi connectivity index (χ2v) is 6.32. The number of likely N-dealkylation sites (tertiary alicyclic amines) is 1. The summed E-state index contributed by atoms with van der Waals surface area (Å²) in [5.41, 5.74) is 1.06. The molecule has 1 amide bonds. The molecule has 6 heteroatoms. The Hall–Kier alpha value is -1.30. The van der Waals surface area contributed by atoms with Gasteiger partial charge in [-0.05, 0) is 6.26 Å². The number of anilines is 1. The molecule has 0 radical (unpaired) electrons. The van der Waals surface area contributed by atoms with E-state index in [0.717, 1.165) is 36.2 Å². The van der Waals surface area contributed by atoms with Crippen molar-refractivity contribution in [2.45, 2.75) is 38.5 Å². The highest BCUT2D eigenvalue weighted by atomic mass is 32.2. The zero-order chi connectivity index (χ0) is 14.7. The van der Waals surface area contributed by atoms with Gasteiger partial charge in [0.1, 0.15) is 11.6 Å². The van der Waals surface area contributed by atoms with Crippen molar-refractivity contribution >= 4 is 23.5 Å². The van der Waals surface area contributed by atoms with Gasteiger partial charge in [-0.1, -0.05) is 13.8 Å². The lowest BCUT2D eigenvalue weighted by Crippen LogP contribution is -2.56. The molecule has 0 bridgehead atoms. The van der Waals surface area contributed by atoms with Crippen LogP contribution in [0.15, 0.2) is 6.07 Å². The Morgan fingerprint density at radius 1 is 1.50 bits per heavy atom. The van der Waals surface area contributed by atoms with Crippen LogP contribution in [-0.2, 0) is 10.5 Å². The number of carbonyl (C=O) groups excluding carboxylic acids is 1. The lowest BCUT2D eigenvalue weighted by Gasteiger charge is -2.39. The normalized spacial score (nSPS) is 15.3. The van der Waals surface area contributed by atoms with Gasteiger partial charge < -0.3 is 10.2 Å². The molecule has 1 aromatic rings. The fraction of sp³-hybridized carbons (Fsp3) is 0.643. The minimum absolute atomic E-state index is 0.136. The van der Waals surface area contributed by atoms with Crippen LogP contribution in [0.5, 0.6) is 0 Å². The van der Waals surface area contributed by atoms with Crippen molar-refractivity contribution in [1.29, 1.82) is 0 Å². The minimum atomic E-state index is 0.136. The number of rotatable bonds is 5.